The van der Waals surface area contributed by atoms with Crippen LogP contribution in [-0.2, 0) is 5.41 Å². The van der Waals surface area contributed by atoms with E-state index in [2.05, 4.69) is 30.7 Å². The first kappa shape index (κ1) is 11.1. The van der Waals surface area contributed by atoms with Gasteiger partial charge >= 0.3 is 0 Å². The van der Waals surface area contributed by atoms with Crippen molar-refractivity contribution in [3.05, 3.63) is 76.1 Å². The number of hydrogen-bond acceptors (Lipinski definition) is 0. The highest BCUT2D eigenvalue weighted by molar-refractivity contribution is 6.34. The Balaban J connectivity index is 2.09. The van der Waals surface area contributed by atoms with Gasteiger partial charge in [-0.2, -0.15) is 0 Å². The molecule has 1 unspecified atom stereocenters. The number of hydrogen-bond donors (Lipinski definition) is 0. The number of rotatable bonds is 2. The first-order valence-electron chi connectivity index (χ1n) is 5.57. The predicted molar refractivity (Wildman–Crippen MR) is 72.6 cm³/mol. The Labute approximate surface area is 111 Å². The first-order chi connectivity index (χ1) is 8.21. The molecule has 85 valence electrons. The minimum absolute atomic E-state index is 0.0236. The average Bonchev–Trinajstić information content (AvgIpc) is 3.10. The summed E-state index contributed by atoms with van der Waals surface area (Å²) < 4.78 is 0. The fourth-order valence-corrected chi connectivity index (χ4v) is 2.81. The van der Waals surface area contributed by atoms with E-state index in [0.29, 0.717) is 10.0 Å². The monoisotopic (exact) mass is 261 g/mol. The second kappa shape index (κ2) is 4.04. The summed E-state index contributed by atoms with van der Waals surface area (Å²) in [5, 5.41) is 1.39. The van der Waals surface area contributed by atoms with Gasteiger partial charge in [0.2, 0.25) is 0 Å². The lowest BCUT2D eigenvalue weighted by atomic mass is 9.88. The van der Waals surface area contributed by atoms with Crippen molar-refractivity contribution in [1.29, 1.82) is 0 Å². The molecule has 0 bridgehead atoms. The topological polar surface area (TPSA) is 0 Å². The Morgan fingerprint density at radius 1 is 0.824 bits per heavy atom. The van der Waals surface area contributed by atoms with Crippen LogP contribution >= 0.6 is 23.2 Å². The van der Waals surface area contributed by atoms with Gasteiger partial charge in [-0.1, -0.05) is 53.5 Å². The van der Waals surface area contributed by atoms with Crippen molar-refractivity contribution < 1.29 is 0 Å². The maximum atomic E-state index is 6.07. The molecule has 1 saturated carbocycles. The van der Waals surface area contributed by atoms with E-state index < -0.39 is 0 Å². The first-order valence-corrected chi connectivity index (χ1v) is 6.33. The van der Waals surface area contributed by atoms with Crippen LogP contribution in [0.2, 0.25) is 10.0 Å². The third kappa shape index (κ3) is 1.96. The molecule has 0 nitrogen and oxygen atoms in total. The normalized spacial score (nSPS) is 16.8. The molecule has 0 heterocycles. The van der Waals surface area contributed by atoms with Crippen molar-refractivity contribution in [2.75, 3.05) is 0 Å². The highest BCUT2D eigenvalue weighted by Gasteiger charge is 2.46. The Kier molecular flexibility index (Phi) is 2.65. The molecule has 0 saturated heterocycles. The number of halogens is 2. The highest BCUT2D eigenvalue weighted by atomic mass is 35.5. The zero-order valence-electron chi connectivity index (χ0n) is 9.16. The maximum absolute atomic E-state index is 6.07. The average molecular weight is 262 g/mol. The maximum Gasteiger partial charge on any atom is 0.0423 e. The molecule has 2 aromatic rings. The summed E-state index contributed by atoms with van der Waals surface area (Å²) >= 11 is 12.1. The Morgan fingerprint density at radius 3 is 1.94 bits per heavy atom. The molecule has 1 fully saturated rings. The van der Waals surface area contributed by atoms with Crippen molar-refractivity contribution in [3.8, 4) is 0 Å². The summed E-state index contributed by atoms with van der Waals surface area (Å²) in [4.78, 5) is 0. The van der Waals surface area contributed by atoms with Gasteiger partial charge in [-0.25, -0.2) is 0 Å². The van der Waals surface area contributed by atoms with E-state index in [1.165, 1.54) is 11.1 Å². The second-order valence-corrected chi connectivity index (χ2v) is 5.28. The summed E-state index contributed by atoms with van der Waals surface area (Å²) in [6.45, 7) is 0. The van der Waals surface area contributed by atoms with Gasteiger partial charge in [0, 0.05) is 15.5 Å². The van der Waals surface area contributed by atoms with Crippen molar-refractivity contribution in [2.45, 2.75) is 11.8 Å². The van der Waals surface area contributed by atoms with Crippen molar-refractivity contribution >= 4 is 23.2 Å². The quantitative estimate of drug-likeness (QED) is 0.723. The van der Waals surface area contributed by atoms with E-state index in [4.69, 9.17) is 23.2 Å². The molecule has 17 heavy (non-hydrogen) atoms. The molecule has 0 amide bonds. The molecule has 0 spiro atoms. The largest absolute Gasteiger partial charge is 0.0843 e. The van der Waals surface area contributed by atoms with E-state index in [1.54, 1.807) is 6.07 Å². The molecule has 2 aromatic carbocycles. The van der Waals surface area contributed by atoms with E-state index in [1.807, 2.05) is 18.2 Å². The molecule has 0 aliphatic heterocycles. The fraction of sp³-hybridized carbons (Fsp3) is 0.133. The third-order valence-corrected chi connectivity index (χ3v) is 3.72. The standard InChI is InChI=1S/C15H11Cl2/c16-13-8-12(9-14(17)10-13)15(6-7-15)11-4-2-1-3-5-11/h1-6,8-10H,7H2. The van der Waals surface area contributed by atoms with Gasteiger partial charge in [-0.05, 0) is 42.2 Å². The van der Waals surface area contributed by atoms with E-state index in [9.17, 15) is 0 Å². The zero-order valence-corrected chi connectivity index (χ0v) is 10.7. The Hall–Kier alpha value is -0.980. The van der Waals surface area contributed by atoms with Crippen LogP contribution in [0.1, 0.15) is 17.5 Å². The van der Waals surface area contributed by atoms with Crippen LogP contribution in [0.15, 0.2) is 48.5 Å². The van der Waals surface area contributed by atoms with E-state index in [0.717, 1.165) is 6.42 Å². The Bertz CT molecular complexity index is 522. The SMILES string of the molecule is Clc1cc(Cl)cc(C2(c3ccccc3)[CH]C2)c1. The second-order valence-electron chi connectivity index (χ2n) is 4.40. The molecule has 1 radical (unpaired) electrons. The van der Waals surface area contributed by atoms with Crippen LogP contribution in [-0.4, -0.2) is 0 Å². The van der Waals surface area contributed by atoms with Crippen LogP contribution in [0.3, 0.4) is 0 Å². The van der Waals surface area contributed by atoms with Crippen LogP contribution in [0.4, 0.5) is 0 Å². The van der Waals surface area contributed by atoms with Crippen LogP contribution in [0.25, 0.3) is 0 Å². The summed E-state index contributed by atoms with van der Waals surface area (Å²) in [5.41, 5.74) is 2.51. The summed E-state index contributed by atoms with van der Waals surface area (Å²) in [6, 6.07) is 16.2. The molecule has 2 heteroatoms. The number of benzene rings is 2. The smallest absolute Gasteiger partial charge is 0.0423 e. The molecule has 1 aliphatic carbocycles. The summed E-state index contributed by atoms with van der Waals surface area (Å²) in [7, 11) is 0. The predicted octanol–water partition coefficient (Wildman–Crippen LogP) is 4.89. The summed E-state index contributed by atoms with van der Waals surface area (Å²) in [5.74, 6) is 0. The van der Waals surface area contributed by atoms with Gasteiger partial charge < -0.3 is 0 Å². The molecule has 1 atom stereocenters. The summed E-state index contributed by atoms with van der Waals surface area (Å²) in [6.07, 6.45) is 3.35. The van der Waals surface area contributed by atoms with Gasteiger partial charge in [0.05, 0.1) is 0 Å². The molecule has 0 aromatic heterocycles. The zero-order chi connectivity index (χ0) is 11.9. The lowest BCUT2D eigenvalue weighted by molar-refractivity contribution is 0.879. The van der Waals surface area contributed by atoms with Crippen molar-refractivity contribution in [3.63, 3.8) is 0 Å². The van der Waals surface area contributed by atoms with Crippen molar-refractivity contribution in [1.82, 2.24) is 0 Å². The minimum Gasteiger partial charge on any atom is -0.0843 e. The van der Waals surface area contributed by atoms with Crippen LogP contribution < -0.4 is 0 Å². The Morgan fingerprint density at radius 2 is 1.41 bits per heavy atom. The van der Waals surface area contributed by atoms with Gasteiger partial charge in [0.25, 0.3) is 0 Å². The van der Waals surface area contributed by atoms with Gasteiger partial charge in [-0.3, -0.25) is 0 Å². The lowest BCUT2D eigenvalue weighted by Crippen LogP contribution is -2.08. The van der Waals surface area contributed by atoms with Crippen LogP contribution in [0, 0.1) is 6.42 Å². The minimum atomic E-state index is 0.0236. The lowest BCUT2D eigenvalue weighted by Gasteiger charge is -2.16. The molecular weight excluding hydrogens is 251 g/mol. The highest BCUT2D eigenvalue weighted by Crippen LogP contribution is 2.53. The van der Waals surface area contributed by atoms with Gasteiger partial charge in [-0.15, -0.1) is 0 Å². The molecule has 0 N–H and O–H groups in total. The molecular formula is C15H11Cl2. The molecule has 3 rings (SSSR count). The third-order valence-electron chi connectivity index (χ3n) is 3.28. The van der Waals surface area contributed by atoms with Gasteiger partial charge in [0.1, 0.15) is 0 Å². The molecule has 1 aliphatic rings. The van der Waals surface area contributed by atoms with Crippen LogP contribution in [0.5, 0.6) is 0 Å². The van der Waals surface area contributed by atoms with Gasteiger partial charge in [0.15, 0.2) is 0 Å². The van der Waals surface area contributed by atoms with E-state index in [-0.39, 0.29) is 5.41 Å². The van der Waals surface area contributed by atoms with E-state index >= 15 is 0 Å². The fourth-order valence-electron chi connectivity index (χ4n) is 2.29. The van der Waals surface area contributed by atoms with Crippen molar-refractivity contribution in [2.24, 2.45) is 0 Å².